The highest BCUT2D eigenvalue weighted by molar-refractivity contribution is 7.07. The van der Waals surface area contributed by atoms with E-state index in [-0.39, 0.29) is 23.9 Å². The summed E-state index contributed by atoms with van der Waals surface area (Å²) in [5.41, 5.74) is 1.24. The summed E-state index contributed by atoms with van der Waals surface area (Å²) in [6, 6.07) is 1.93. The lowest BCUT2D eigenvalue weighted by Gasteiger charge is -2.29. The van der Waals surface area contributed by atoms with Crippen LogP contribution in [-0.2, 0) is 9.59 Å². The molecular weight excluding hydrogens is 286 g/mol. The first-order chi connectivity index (χ1) is 10.2. The highest BCUT2D eigenvalue weighted by atomic mass is 32.1. The van der Waals surface area contributed by atoms with Crippen LogP contribution in [0.1, 0.15) is 38.3 Å². The topological polar surface area (TPSA) is 61.4 Å². The van der Waals surface area contributed by atoms with Gasteiger partial charge in [0.1, 0.15) is 6.04 Å². The van der Waals surface area contributed by atoms with Crippen molar-refractivity contribution in [1.82, 2.24) is 15.5 Å². The van der Waals surface area contributed by atoms with Gasteiger partial charge in [-0.2, -0.15) is 11.3 Å². The van der Waals surface area contributed by atoms with Crippen molar-refractivity contribution < 1.29 is 9.59 Å². The van der Waals surface area contributed by atoms with Crippen molar-refractivity contribution in [2.75, 3.05) is 19.6 Å². The third-order valence-electron chi connectivity index (χ3n) is 3.96. The Hall–Kier alpha value is -1.40. The molecule has 0 bridgehead atoms. The van der Waals surface area contributed by atoms with E-state index in [1.165, 1.54) is 5.56 Å². The molecule has 0 radical (unpaired) electrons. The summed E-state index contributed by atoms with van der Waals surface area (Å²) in [4.78, 5) is 25.6. The molecule has 0 spiro atoms. The normalized spacial score (nSPS) is 19.6. The Bertz CT molecular complexity index is 471. The fourth-order valence-corrected chi connectivity index (χ4v) is 3.43. The lowest BCUT2D eigenvalue weighted by atomic mass is 10.1. The number of nitrogens with one attached hydrogen (secondary N) is 2. The van der Waals surface area contributed by atoms with Crippen LogP contribution in [0.25, 0.3) is 0 Å². The predicted molar refractivity (Wildman–Crippen MR) is 84.2 cm³/mol. The van der Waals surface area contributed by atoms with Crippen LogP contribution in [0.15, 0.2) is 16.8 Å². The van der Waals surface area contributed by atoms with Crippen LogP contribution in [0.2, 0.25) is 0 Å². The van der Waals surface area contributed by atoms with E-state index in [4.69, 9.17) is 0 Å². The van der Waals surface area contributed by atoms with Crippen molar-refractivity contribution in [1.29, 1.82) is 0 Å². The maximum Gasteiger partial charge on any atom is 0.242 e. The van der Waals surface area contributed by atoms with Crippen LogP contribution < -0.4 is 10.6 Å². The number of nitrogens with zero attached hydrogens (tertiary/aromatic N) is 1. The molecule has 0 aliphatic carbocycles. The van der Waals surface area contributed by atoms with E-state index in [0.717, 1.165) is 13.1 Å². The number of carbonyl (C=O) groups is 2. The quantitative estimate of drug-likeness (QED) is 0.803. The minimum absolute atomic E-state index is 0.0340. The lowest BCUT2D eigenvalue weighted by Crippen LogP contribution is -2.45. The first-order valence-electron chi connectivity index (χ1n) is 7.48. The van der Waals surface area contributed by atoms with Gasteiger partial charge >= 0.3 is 0 Å². The Balaban J connectivity index is 1.96. The van der Waals surface area contributed by atoms with Crippen molar-refractivity contribution in [3.63, 3.8) is 0 Å². The first kappa shape index (κ1) is 16.0. The van der Waals surface area contributed by atoms with E-state index < -0.39 is 0 Å². The summed E-state index contributed by atoms with van der Waals surface area (Å²) in [6.07, 6.45) is 1.04. The molecule has 2 amide bonds. The standard InChI is InChI=1S/C15H23N3O2S/c1-3-18(4-2)13(11-7-8-21-10-11)9-16-15(20)12-5-6-14(19)17-12/h7-8,10,12-13H,3-6,9H2,1-2H3,(H,16,20)(H,17,19). The zero-order chi connectivity index (χ0) is 15.2. The number of hydrogen-bond donors (Lipinski definition) is 2. The van der Waals surface area contributed by atoms with Gasteiger partial charge in [0.15, 0.2) is 0 Å². The fraction of sp³-hybridized carbons (Fsp3) is 0.600. The molecule has 2 heterocycles. The third kappa shape index (κ3) is 4.04. The Morgan fingerprint density at radius 1 is 1.52 bits per heavy atom. The van der Waals surface area contributed by atoms with Crippen LogP contribution in [-0.4, -0.2) is 42.4 Å². The summed E-state index contributed by atoms with van der Waals surface area (Å²) in [6.45, 7) is 6.70. The molecule has 0 saturated carbocycles. The molecule has 0 aromatic carbocycles. The second kappa shape index (κ2) is 7.56. The molecule has 5 nitrogen and oxygen atoms in total. The lowest BCUT2D eigenvalue weighted by molar-refractivity contribution is -0.125. The van der Waals surface area contributed by atoms with Gasteiger partial charge in [-0.3, -0.25) is 14.5 Å². The summed E-state index contributed by atoms with van der Waals surface area (Å²) >= 11 is 1.67. The smallest absolute Gasteiger partial charge is 0.242 e. The Morgan fingerprint density at radius 3 is 2.81 bits per heavy atom. The van der Waals surface area contributed by atoms with Gasteiger partial charge in [-0.25, -0.2) is 0 Å². The van der Waals surface area contributed by atoms with Crippen molar-refractivity contribution >= 4 is 23.2 Å². The van der Waals surface area contributed by atoms with E-state index in [0.29, 0.717) is 19.4 Å². The van der Waals surface area contributed by atoms with Gasteiger partial charge in [-0.1, -0.05) is 13.8 Å². The maximum atomic E-state index is 12.1. The van der Waals surface area contributed by atoms with E-state index in [1.807, 2.05) is 0 Å². The van der Waals surface area contributed by atoms with Crippen molar-refractivity contribution in [3.8, 4) is 0 Å². The molecule has 1 aliphatic heterocycles. The van der Waals surface area contributed by atoms with E-state index in [9.17, 15) is 9.59 Å². The van der Waals surface area contributed by atoms with Crippen LogP contribution in [0.4, 0.5) is 0 Å². The van der Waals surface area contributed by atoms with Gasteiger partial charge in [-0.05, 0) is 41.9 Å². The average Bonchev–Trinajstić information content (AvgIpc) is 3.14. The van der Waals surface area contributed by atoms with Gasteiger partial charge in [0, 0.05) is 13.0 Å². The number of rotatable bonds is 7. The number of hydrogen-bond acceptors (Lipinski definition) is 4. The first-order valence-corrected chi connectivity index (χ1v) is 8.43. The minimum atomic E-state index is -0.364. The van der Waals surface area contributed by atoms with E-state index >= 15 is 0 Å². The number of likely N-dealkylation sites (N-methyl/N-ethyl adjacent to an activating group) is 1. The summed E-state index contributed by atoms with van der Waals surface area (Å²) in [5.74, 6) is -0.110. The van der Waals surface area contributed by atoms with Gasteiger partial charge in [0.25, 0.3) is 0 Å². The molecule has 1 aromatic heterocycles. The molecule has 21 heavy (non-hydrogen) atoms. The zero-order valence-corrected chi connectivity index (χ0v) is 13.4. The fourth-order valence-electron chi connectivity index (χ4n) is 2.72. The second-order valence-electron chi connectivity index (χ2n) is 5.20. The van der Waals surface area contributed by atoms with Crippen LogP contribution >= 0.6 is 11.3 Å². The highest BCUT2D eigenvalue weighted by Gasteiger charge is 2.28. The molecule has 2 rings (SSSR count). The molecule has 1 aliphatic rings. The highest BCUT2D eigenvalue weighted by Crippen LogP contribution is 2.22. The van der Waals surface area contributed by atoms with Gasteiger partial charge in [0.2, 0.25) is 11.8 Å². The zero-order valence-electron chi connectivity index (χ0n) is 12.6. The van der Waals surface area contributed by atoms with Gasteiger partial charge < -0.3 is 10.6 Å². The van der Waals surface area contributed by atoms with Gasteiger partial charge in [0.05, 0.1) is 6.04 Å². The molecular formula is C15H23N3O2S. The second-order valence-corrected chi connectivity index (χ2v) is 5.98. The molecule has 1 saturated heterocycles. The summed E-state index contributed by atoms with van der Waals surface area (Å²) < 4.78 is 0. The Kier molecular flexibility index (Phi) is 5.76. The van der Waals surface area contributed by atoms with E-state index in [2.05, 4.69) is 46.2 Å². The molecule has 116 valence electrons. The van der Waals surface area contributed by atoms with Gasteiger partial charge in [-0.15, -0.1) is 0 Å². The van der Waals surface area contributed by atoms with E-state index in [1.54, 1.807) is 11.3 Å². The Morgan fingerprint density at radius 2 is 2.29 bits per heavy atom. The average molecular weight is 309 g/mol. The molecule has 1 aromatic rings. The summed E-state index contributed by atoms with van der Waals surface area (Å²) in [5, 5.41) is 9.89. The summed E-state index contributed by atoms with van der Waals surface area (Å²) in [7, 11) is 0. The number of thiophene rings is 1. The molecule has 2 atom stereocenters. The van der Waals surface area contributed by atoms with Crippen LogP contribution in [0.5, 0.6) is 0 Å². The predicted octanol–water partition coefficient (Wildman–Crippen LogP) is 1.53. The molecule has 2 unspecified atom stereocenters. The monoisotopic (exact) mass is 309 g/mol. The van der Waals surface area contributed by atoms with Crippen molar-refractivity contribution in [3.05, 3.63) is 22.4 Å². The number of amides is 2. The van der Waals surface area contributed by atoms with Crippen LogP contribution in [0.3, 0.4) is 0 Å². The maximum absolute atomic E-state index is 12.1. The SMILES string of the molecule is CCN(CC)C(CNC(=O)C1CCC(=O)N1)c1ccsc1. The molecule has 2 N–H and O–H groups in total. The Labute approximate surface area is 129 Å². The largest absolute Gasteiger partial charge is 0.352 e. The number of carbonyl (C=O) groups excluding carboxylic acids is 2. The third-order valence-corrected chi connectivity index (χ3v) is 4.66. The molecule has 1 fully saturated rings. The molecule has 6 heteroatoms. The van der Waals surface area contributed by atoms with Crippen LogP contribution in [0, 0.1) is 0 Å². The van der Waals surface area contributed by atoms with Crippen molar-refractivity contribution in [2.45, 2.75) is 38.8 Å². The van der Waals surface area contributed by atoms with Crippen molar-refractivity contribution in [2.24, 2.45) is 0 Å². The minimum Gasteiger partial charge on any atom is -0.352 e.